The summed E-state index contributed by atoms with van der Waals surface area (Å²) >= 11 is 5.58. The molecule has 0 spiro atoms. The van der Waals surface area contributed by atoms with E-state index in [0.717, 1.165) is 25.2 Å². The summed E-state index contributed by atoms with van der Waals surface area (Å²) in [5, 5.41) is 7.68. The molecule has 0 amide bonds. The fraction of sp³-hybridized carbons (Fsp3) is 0.909. The van der Waals surface area contributed by atoms with Crippen LogP contribution in [0.25, 0.3) is 0 Å². The van der Waals surface area contributed by atoms with Crippen molar-refractivity contribution < 1.29 is 14.6 Å². The average molecular weight is 235 g/mol. The minimum Gasteiger partial charge on any atom is -0.480 e. The highest BCUT2D eigenvalue weighted by Gasteiger charge is 2.26. The maximum atomic E-state index is 10.5. The highest BCUT2D eigenvalue weighted by Crippen LogP contribution is 2.30. The molecule has 1 saturated carbocycles. The molecule has 4 heteroatoms. The quantitative estimate of drug-likeness (QED) is 0.761. The van der Waals surface area contributed by atoms with E-state index < -0.39 is 11.3 Å². The summed E-state index contributed by atoms with van der Waals surface area (Å²) in [6, 6.07) is 0. The molecule has 15 heavy (non-hydrogen) atoms. The van der Waals surface area contributed by atoms with Crippen molar-refractivity contribution in [1.29, 1.82) is 0 Å². The number of alkyl halides is 1. The highest BCUT2D eigenvalue weighted by atomic mass is 35.5. The van der Waals surface area contributed by atoms with E-state index in [-0.39, 0.29) is 12.7 Å². The molecule has 1 rings (SSSR count). The van der Waals surface area contributed by atoms with E-state index in [1.807, 2.05) is 0 Å². The van der Waals surface area contributed by atoms with Crippen molar-refractivity contribution >= 4 is 17.6 Å². The van der Waals surface area contributed by atoms with Gasteiger partial charge in [-0.3, -0.25) is 4.79 Å². The zero-order valence-corrected chi connectivity index (χ0v) is 10.0. The van der Waals surface area contributed by atoms with Crippen LogP contribution in [0.2, 0.25) is 0 Å². The third-order valence-corrected chi connectivity index (χ3v) is 3.61. The van der Waals surface area contributed by atoms with Crippen LogP contribution in [-0.2, 0) is 9.53 Å². The second-order valence-corrected chi connectivity index (χ2v) is 5.06. The molecule has 1 N–H and O–H groups in total. The third kappa shape index (κ3) is 3.99. The van der Waals surface area contributed by atoms with E-state index in [9.17, 15) is 4.79 Å². The molecule has 4 unspecified atom stereocenters. The number of hydrogen-bond acceptors (Lipinski definition) is 2. The lowest BCUT2D eigenvalue weighted by molar-refractivity contribution is -0.138. The number of rotatable bonds is 4. The average Bonchev–Trinajstić information content (AvgIpc) is 2.19. The highest BCUT2D eigenvalue weighted by molar-refractivity contribution is 6.29. The number of halogens is 1. The molecule has 0 bridgehead atoms. The SMILES string of the molecule is CC1CCC(OCC(Cl)C(=O)O)CC1C. The molecule has 3 nitrogen and oxygen atoms in total. The molecule has 0 aromatic carbocycles. The van der Waals surface area contributed by atoms with Crippen LogP contribution < -0.4 is 0 Å². The first kappa shape index (κ1) is 12.8. The van der Waals surface area contributed by atoms with Gasteiger partial charge in [-0.2, -0.15) is 0 Å². The Hall–Kier alpha value is -0.280. The second-order valence-electron chi connectivity index (χ2n) is 4.53. The van der Waals surface area contributed by atoms with Crippen molar-refractivity contribution in [3.05, 3.63) is 0 Å². The summed E-state index contributed by atoms with van der Waals surface area (Å²) in [7, 11) is 0. The Morgan fingerprint density at radius 3 is 2.67 bits per heavy atom. The Labute approximate surface area is 95.8 Å². The molecule has 1 aliphatic rings. The summed E-state index contributed by atoms with van der Waals surface area (Å²) in [6.07, 6.45) is 3.39. The Balaban J connectivity index is 2.25. The summed E-state index contributed by atoms with van der Waals surface area (Å²) < 4.78 is 5.51. The molecule has 1 aliphatic carbocycles. The Bertz CT molecular complexity index is 220. The molecule has 0 aromatic rings. The summed E-state index contributed by atoms with van der Waals surface area (Å²) in [5.74, 6) is 0.396. The maximum Gasteiger partial charge on any atom is 0.324 e. The summed E-state index contributed by atoms with van der Waals surface area (Å²) in [6.45, 7) is 4.58. The topological polar surface area (TPSA) is 46.5 Å². The van der Waals surface area contributed by atoms with Gasteiger partial charge in [0, 0.05) is 0 Å². The largest absolute Gasteiger partial charge is 0.480 e. The van der Waals surface area contributed by atoms with E-state index in [1.165, 1.54) is 0 Å². The van der Waals surface area contributed by atoms with E-state index in [4.69, 9.17) is 21.4 Å². The lowest BCUT2D eigenvalue weighted by Crippen LogP contribution is -2.30. The molecule has 4 atom stereocenters. The minimum absolute atomic E-state index is 0.114. The lowest BCUT2D eigenvalue weighted by atomic mass is 9.80. The van der Waals surface area contributed by atoms with Crippen LogP contribution in [0.1, 0.15) is 33.1 Å². The Kier molecular flexibility index (Phi) is 4.87. The Morgan fingerprint density at radius 1 is 1.47 bits per heavy atom. The van der Waals surface area contributed by atoms with Gasteiger partial charge in [-0.25, -0.2) is 0 Å². The van der Waals surface area contributed by atoms with Crippen LogP contribution in [0.5, 0.6) is 0 Å². The molecule has 0 radical (unpaired) electrons. The second kappa shape index (κ2) is 5.71. The molecule has 0 saturated heterocycles. The predicted molar refractivity (Wildman–Crippen MR) is 59.2 cm³/mol. The minimum atomic E-state index is -1.01. The van der Waals surface area contributed by atoms with Crippen LogP contribution >= 0.6 is 11.6 Å². The van der Waals surface area contributed by atoms with Gasteiger partial charge < -0.3 is 9.84 Å². The number of carboxylic acids is 1. The van der Waals surface area contributed by atoms with Crippen molar-refractivity contribution in [3.63, 3.8) is 0 Å². The third-order valence-electron chi connectivity index (χ3n) is 3.30. The number of hydrogen-bond donors (Lipinski definition) is 1. The van der Waals surface area contributed by atoms with Crippen LogP contribution in [-0.4, -0.2) is 29.2 Å². The predicted octanol–water partition coefficient (Wildman–Crippen LogP) is 2.52. The first-order valence-corrected chi connectivity index (χ1v) is 5.92. The number of carbonyl (C=O) groups is 1. The van der Waals surface area contributed by atoms with Gasteiger partial charge in [-0.1, -0.05) is 13.8 Å². The molecule has 0 heterocycles. The monoisotopic (exact) mass is 234 g/mol. The fourth-order valence-corrected chi connectivity index (χ4v) is 2.01. The zero-order chi connectivity index (χ0) is 11.4. The van der Waals surface area contributed by atoms with Crippen LogP contribution in [0.15, 0.2) is 0 Å². The normalized spacial score (nSPS) is 33.7. The van der Waals surface area contributed by atoms with E-state index in [0.29, 0.717) is 5.92 Å². The number of ether oxygens (including phenoxy) is 1. The first-order chi connectivity index (χ1) is 7.00. The molecule has 0 aliphatic heterocycles. The van der Waals surface area contributed by atoms with Gasteiger partial charge in [0.05, 0.1) is 12.7 Å². The lowest BCUT2D eigenvalue weighted by Gasteiger charge is -2.32. The van der Waals surface area contributed by atoms with Crippen molar-refractivity contribution in [2.24, 2.45) is 11.8 Å². The van der Waals surface area contributed by atoms with Gasteiger partial charge in [0.1, 0.15) is 0 Å². The van der Waals surface area contributed by atoms with E-state index in [1.54, 1.807) is 0 Å². The number of carboxylic acid groups (broad SMARTS) is 1. The summed E-state index contributed by atoms with van der Waals surface area (Å²) in [5.41, 5.74) is 0. The van der Waals surface area contributed by atoms with Crippen LogP contribution in [0.3, 0.4) is 0 Å². The molecule has 1 fully saturated rings. The maximum absolute atomic E-state index is 10.5. The van der Waals surface area contributed by atoms with Gasteiger partial charge in [0.25, 0.3) is 0 Å². The van der Waals surface area contributed by atoms with Gasteiger partial charge in [-0.15, -0.1) is 11.6 Å². The van der Waals surface area contributed by atoms with Crippen molar-refractivity contribution in [2.45, 2.75) is 44.6 Å². The van der Waals surface area contributed by atoms with Crippen molar-refractivity contribution in [3.8, 4) is 0 Å². The van der Waals surface area contributed by atoms with Gasteiger partial charge >= 0.3 is 5.97 Å². The van der Waals surface area contributed by atoms with Crippen LogP contribution in [0, 0.1) is 11.8 Å². The van der Waals surface area contributed by atoms with Gasteiger partial charge in [0.2, 0.25) is 0 Å². The zero-order valence-electron chi connectivity index (χ0n) is 9.28. The smallest absolute Gasteiger partial charge is 0.324 e. The van der Waals surface area contributed by atoms with Gasteiger partial charge in [-0.05, 0) is 31.1 Å². The molecular weight excluding hydrogens is 216 g/mol. The van der Waals surface area contributed by atoms with Crippen molar-refractivity contribution in [2.75, 3.05) is 6.61 Å². The van der Waals surface area contributed by atoms with E-state index >= 15 is 0 Å². The van der Waals surface area contributed by atoms with Crippen LogP contribution in [0.4, 0.5) is 0 Å². The molecular formula is C11H19ClO3. The first-order valence-electron chi connectivity index (χ1n) is 5.49. The molecule has 0 aromatic heterocycles. The fourth-order valence-electron chi connectivity index (χ4n) is 1.94. The summed E-state index contributed by atoms with van der Waals surface area (Å²) in [4.78, 5) is 10.5. The number of aliphatic carboxylic acids is 1. The standard InChI is InChI=1S/C11H19ClO3/c1-7-3-4-9(5-8(7)2)15-6-10(12)11(13)14/h7-10H,3-6H2,1-2H3,(H,13,14). The molecule has 88 valence electrons. The Morgan fingerprint density at radius 2 is 2.13 bits per heavy atom. The van der Waals surface area contributed by atoms with Crippen molar-refractivity contribution in [1.82, 2.24) is 0 Å². The van der Waals surface area contributed by atoms with E-state index in [2.05, 4.69) is 13.8 Å². The van der Waals surface area contributed by atoms with Gasteiger partial charge in [0.15, 0.2) is 5.38 Å².